The Morgan fingerprint density at radius 3 is 2.61 bits per heavy atom. The smallest absolute Gasteiger partial charge is 0.352 e. The zero-order chi connectivity index (χ0) is 16.6. The second-order valence-corrected chi connectivity index (χ2v) is 5.10. The standard InChI is InChI=1S/C16H16N4O3/c1-4-23-12-8-6-5-7-10(12)11-9-19(2)14-13(17-11)15(21)20(3)16(22)18-14/h5-9H,4H2,1-3H3. The average molecular weight is 312 g/mol. The maximum atomic E-state index is 12.3. The minimum Gasteiger partial charge on any atom is -0.493 e. The molecule has 23 heavy (non-hydrogen) atoms. The van der Waals surface area contributed by atoms with Gasteiger partial charge in [0.15, 0.2) is 11.5 Å². The van der Waals surface area contributed by atoms with Gasteiger partial charge in [-0.15, -0.1) is 0 Å². The van der Waals surface area contributed by atoms with Crippen LogP contribution in [0.25, 0.3) is 22.8 Å². The molecule has 1 aromatic carbocycles. The lowest BCUT2D eigenvalue weighted by Crippen LogP contribution is -2.36. The zero-order valence-corrected chi connectivity index (χ0v) is 13.1. The monoisotopic (exact) mass is 312 g/mol. The number of ether oxygens (including phenoxy) is 1. The third kappa shape index (κ3) is 2.50. The summed E-state index contributed by atoms with van der Waals surface area (Å²) in [6.45, 7) is 2.43. The van der Waals surface area contributed by atoms with Crippen molar-refractivity contribution in [3.8, 4) is 28.5 Å². The number of para-hydroxylation sites is 1. The molecule has 0 atom stereocenters. The predicted molar refractivity (Wildman–Crippen MR) is 85.7 cm³/mol. The molecule has 7 nitrogen and oxygen atoms in total. The van der Waals surface area contributed by atoms with Crippen LogP contribution in [0.3, 0.4) is 0 Å². The summed E-state index contributed by atoms with van der Waals surface area (Å²) in [6, 6.07) is 7.47. The van der Waals surface area contributed by atoms with Gasteiger partial charge in [0.2, 0.25) is 0 Å². The van der Waals surface area contributed by atoms with Gasteiger partial charge < -0.3 is 9.30 Å². The lowest BCUT2D eigenvalue weighted by atomic mass is 10.1. The van der Waals surface area contributed by atoms with Crippen LogP contribution >= 0.6 is 0 Å². The molecule has 0 spiro atoms. The number of aromatic nitrogens is 4. The second-order valence-electron chi connectivity index (χ2n) is 5.10. The molecule has 0 fully saturated rings. The van der Waals surface area contributed by atoms with Crippen molar-refractivity contribution in [2.75, 3.05) is 6.61 Å². The average Bonchev–Trinajstić information content (AvgIpc) is 2.54. The summed E-state index contributed by atoms with van der Waals surface area (Å²) in [7, 11) is 3.11. The molecule has 0 aromatic heterocycles. The molecule has 2 aliphatic heterocycles. The van der Waals surface area contributed by atoms with E-state index in [0.717, 1.165) is 10.1 Å². The Labute approximate surface area is 132 Å². The minimum atomic E-state index is -0.595. The molecule has 0 saturated heterocycles. The fraction of sp³-hybridized carbons (Fsp3) is 0.250. The lowest BCUT2D eigenvalue weighted by Gasteiger charge is -2.14. The topological polar surface area (TPSA) is 79.0 Å². The molecule has 0 saturated carbocycles. The Hall–Kier alpha value is -2.96. The van der Waals surface area contributed by atoms with Gasteiger partial charge in [-0.1, -0.05) is 12.1 Å². The van der Waals surface area contributed by atoms with Crippen molar-refractivity contribution in [3.05, 3.63) is 51.3 Å². The second kappa shape index (κ2) is 5.68. The van der Waals surface area contributed by atoms with Crippen molar-refractivity contribution < 1.29 is 4.74 Å². The van der Waals surface area contributed by atoms with Crippen LogP contribution in [0.4, 0.5) is 0 Å². The highest BCUT2D eigenvalue weighted by Gasteiger charge is 2.19. The van der Waals surface area contributed by atoms with E-state index in [2.05, 4.69) is 9.97 Å². The molecule has 3 rings (SSSR count). The molecule has 0 unspecified atom stereocenters. The van der Waals surface area contributed by atoms with E-state index in [1.807, 2.05) is 31.2 Å². The third-order valence-corrected chi connectivity index (χ3v) is 3.55. The van der Waals surface area contributed by atoms with Crippen LogP contribution < -0.4 is 16.0 Å². The Morgan fingerprint density at radius 2 is 1.87 bits per heavy atom. The molecule has 2 aliphatic rings. The Morgan fingerprint density at radius 1 is 1.13 bits per heavy atom. The maximum Gasteiger partial charge on any atom is 0.352 e. The van der Waals surface area contributed by atoms with E-state index >= 15 is 0 Å². The SMILES string of the molecule is CCOc1ccccc1-c1cn(C)c2nc(=O)n(C)c(=O)c-2n1. The van der Waals surface area contributed by atoms with Crippen LogP contribution in [0.1, 0.15) is 6.92 Å². The fourth-order valence-electron chi connectivity index (χ4n) is 2.39. The fourth-order valence-corrected chi connectivity index (χ4v) is 2.39. The van der Waals surface area contributed by atoms with E-state index in [0.29, 0.717) is 18.1 Å². The van der Waals surface area contributed by atoms with Crippen LogP contribution in [0.2, 0.25) is 0 Å². The number of benzene rings is 1. The van der Waals surface area contributed by atoms with Crippen molar-refractivity contribution in [1.29, 1.82) is 0 Å². The summed E-state index contributed by atoms with van der Waals surface area (Å²) in [4.78, 5) is 32.3. The normalized spacial score (nSPS) is 10.9. The molecule has 1 aromatic rings. The summed E-state index contributed by atoms with van der Waals surface area (Å²) in [5.41, 5.74) is 0.453. The zero-order valence-electron chi connectivity index (χ0n) is 13.1. The maximum absolute atomic E-state index is 12.3. The van der Waals surface area contributed by atoms with Crippen molar-refractivity contribution in [2.24, 2.45) is 14.1 Å². The summed E-state index contributed by atoms with van der Waals surface area (Å²) in [6.07, 6.45) is 1.73. The third-order valence-electron chi connectivity index (χ3n) is 3.55. The predicted octanol–water partition coefficient (Wildman–Crippen LogP) is 1.04. The van der Waals surface area contributed by atoms with Gasteiger partial charge in [0.05, 0.1) is 12.3 Å². The number of fused-ring (bicyclic) bond motifs is 1. The summed E-state index contributed by atoms with van der Waals surface area (Å²) in [5.74, 6) is 0.947. The van der Waals surface area contributed by atoms with E-state index in [1.165, 1.54) is 7.05 Å². The molecule has 2 heterocycles. The van der Waals surface area contributed by atoms with Gasteiger partial charge in [-0.25, -0.2) is 9.78 Å². The Kier molecular flexibility index (Phi) is 3.69. The first kappa shape index (κ1) is 15.0. The van der Waals surface area contributed by atoms with Crippen molar-refractivity contribution >= 4 is 0 Å². The first-order valence-corrected chi connectivity index (χ1v) is 7.19. The van der Waals surface area contributed by atoms with Gasteiger partial charge in [-0.3, -0.25) is 9.36 Å². The lowest BCUT2D eigenvalue weighted by molar-refractivity contribution is 0.341. The molecule has 0 aliphatic carbocycles. The van der Waals surface area contributed by atoms with Gasteiger partial charge in [0, 0.05) is 25.9 Å². The highest BCUT2D eigenvalue weighted by Crippen LogP contribution is 2.29. The Balaban J connectivity index is 2.32. The largest absolute Gasteiger partial charge is 0.493 e. The minimum absolute atomic E-state index is 0.151. The number of hydrogen-bond acceptors (Lipinski definition) is 5. The highest BCUT2D eigenvalue weighted by atomic mass is 16.5. The number of nitrogens with zero attached hydrogens (tertiary/aromatic N) is 4. The Bertz CT molecular complexity index is 958. The van der Waals surface area contributed by atoms with Crippen molar-refractivity contribution in [1.82, 2.24) is 19.1 Å². The summed E-state index contributed by atoms with van der Waals surface area (Å²) < 4.78 is 8.20. The molecule has 0 bridgehead atoms. The van der Waals surface area contributed by atoms with E-state index < -0.39 is 11.2 Å². The highest BCUT2D eigenvalue weighted by molar-refractivity contribution is 5.69. The molecular formula is C16H16N4O3. The van der Waals surface area contributed by atoms with Crippen LogP contribution in [0.15, 0.2) is 40.1 Å². The van der Waals surface area contributed by atoms with E-state index in [9.17, 15) is 9.59 Å². The van der Waals surface area contributed by atoms with Crippen molar-refractivity contribution in [2.45, 2.75) is 6.92 Å². The number of rotatable bonds is 3. The summed E-state index contributed by atoms with van der Waals surface area (Å²) in [5, 5.41) is 0. The number of aryl methyl sites for hydroxylation is 1. The first-order chi connectivity index (χ1) is 11.0. The molecule has 0 radical (unpaired) electrons. The quantitative estimate of drug-likeness (QED) is 0.722. The van der Waals surface area contributed by atoms with E-state index in [4.69, 9.17) is 4.74 Å². The van der Waals surface area contributed by atoms with Crippen LogP contribution in [0, 0.1) is 0 Å². The summed E-state index contributed by atoms with van der Waals surface area (Å²) >= 11 is 0. The first-order valence-electron chi connectivity index (χ1n) is 7.19. The molecular weight excluding hydrogens is 296 g/mol. The molecule has 7 heteroatoms. The van der Waals surface area contributed by atoms with Gasteiger partial charge >= 0.3 is 5.69 Å². The number of hydrogen-bond donors (Lipinski definition) is 0. The van der Waals surface area contributed by atoms with Gasteiger partial charge in [-0.05, 0) is 19.1 Å². The molecule has 118 valence electrons. The van der Waals surface area contributed by atoms with Gasteiger partial charge in [0.1, 0.15) is 5.75 Å². The van der Waals surface area contributed by atoms with Crippen LogP contribution in [0.5, 0.6) is 5.75 Å². The van der Waals surface area contributed by atoms with Crippen molar-refractivity contribution in [3.63, 3.8) is 0 Å². The van der Waals surface area contributed by atoms with Gasteiger partial charge in [-0.2, -0.15) is 4.98 Å². The van der Waals surface area contributed by atoms with E-state index in [1.54, 1.807) is 17.8 Å². The molecule has 0 N–H and O–H groups in total. The molecule has 0 amide bonds. The van der Waals surface area contributed by atoms with E-state index in [-0.39, 0.29) is 11.5 Å². The van der Waals surface area contributed by atoms with Gasteiger partial charge in [0.25, 0.3) is 5.56 Å². The van der Waals surface area contributed by atoms with Crippen LogP contribution in [-0.4, -0.2) is 25.7 Å². The van der Waals surface area contributed by atoms with Crippen LogP contribution in [-0.2, 0) is 14.1 Å².